The standard InChI is InChI=1S/C27H24N10O/c1-16(2)32-22-8-23(25-18(9-28)10-30-26-21(25)12-31-34-26)29-11-20(22)24-15-37(35-33-24)19-13-36(14-19)27(38)17-6-4-3-5-7-17/h3-8,10-12,15-16,19H,13-14H2,1-2H3,(H,29,32)(H,30,31,34). The van der Waals surface area contributed by atoms with Gasteiger partial charge in [0.05, 0.1) is 29.7 Å². The van der Waals surface area contributed by atoms with Crippen molar-refractivity contribution in [1.82, 2.24) is 40.1 Å². The fraction of sp³-hybridized carbons (Fsp3) is 0.222. The van der Waals surface area contributed by atoms with E-state index in [2.05, 4.69) is 50.7 Å². The number of nitriles is 1. The van der Waals surface area contributed by atoms with Crippen LogP contribution in [0.4, 0.5) is 5.69 Å². The van der Waals surface area contributed by atoms with Crippen LogP contribution < -0.4 is 5.32 Å². The van der Waals surface area contributed by atoms with Crippen LogP contribution in [0.5, 0.6) is 0 Å². The third kappa shape index (κ3) is 4.12. The lowest BCUT2D eigenvalue weighted by Crippen LogP contribution is -2.50. The maximum atomic E-state index is 12.7. The van der Waals surface area contributed by atoms with Crippen LogP contribution in [0.25, 0.3) is 33.5 Å². The average Bonchev–Trinajstić information content (AvgIpc) is 3.57. The highest BCUT2D eigenvalue weighted by atomic mass is 16.2. The van der Waals surface area contributed by atoms with Crippen molar-refractivity contribution in [2.24, 2.45) is 0 Å². The van der Waals surface area contributed by atoms with Crippen molar-refractivity contribution in [3.63, 3.8) is 0 Å². The van der Waals surface area contributed by atoms with Crippen molar-refractivity contribution >= 4 is 22.6 Å². The molecule has 1 aliphatic rings. The summed E-state index contributed by atoms with van der Waals surface area (Å²) >= 11 is 0. The normalized spacial score (nSPS) is 13.5. The van der Waals surface area contributed by atoms with Gasteiger partial charge in [0.15, 0.2) is 5.65 Å². The number of nitrogens with one attached hydrogen (secondary N) is 2. The van der Waals surface area contributed by atoms with E-state index in [1.54, 1.807) is 12.4 Å². The van der Waals surface area contributed by atoms with E-state index < -0.39 is 0 Å². The van der Waals surface area contributed by atoms with Gasteiger partial charge in [-0.2, -0.15) is 10.4 Å². The number of benzene rings is 1. The van der Waals surface area contributed by atoms with Gasteiger partial charge in [-0.25, -0.2) is 9.67 Å². The lowest BCUT2D eigenvalue weighted by atomic mass is 10.0. The fourth-order valence-corrected chi connectivity index (χ4v) is 4.62. The molecule has 1 amide bonds. The monoisotopic (exact) mass is 504 g/mol. The van der Waals surface area contributed by atoms with Gasteiger partial charge in [0.25, 0.3) is 5.91 Å². The Morgan fingerprint density at radius 1 is 1.13 bits per heavy atom. The third-order valence-electron chi connectivity index (χ3n) is 6.54. The van der Waals surface area contributed by atoms with E-state index >= 15 is 0 Å². The lowest BCUT2D eigenvalue weighted by Gasteiger charge is -2.38. The molecule has 1 aromatic carbocycles. The molecule has 0 aliphatic carbocycles. The first-order valence-electron chi connectivity index (χ1n) is 12.3. The van der Waals surface area contributed by atoms with E-state index in [-0.39, 0.29) is 18.0 Å². The molecule has 4 aromatic heterocycles. The van der Waals surface area contributed by atoms with Crippen molar-refractivity contribution in [2.45, 2.75) is 25.9 Å². The van der Waals surface area contributed by atoms with Crippen molar-refractivity contribution in [3.8, 4) is 28.6 Å². The second kappa shape index (κ2) is 9.40. The number of likely N-dealkylation sites (tertiary alicyclic amines) is 1. The average molecular weight is 505 g/mol. The number of carbonyl (C=O) groups is 1. The van der Waals surface area contributed by atoms with Gasteiger partial charge in [0.2, 0.25) is 0 Å². The van der Waals surface area contributed by atoms with E-state index in [0.29, 0.717) is 46.8 Å². The van der Waals surface area contributed by atoms with Gasteiger partial charge < -0.3 is 10.2 Å². The molecule has 5 aromatic rings. The van der Waals surface area contributed by atoms with Crippen molar-refractivity contribution in [2.75, 3.05) is 18.4 Å². The van der Waals surface area contributed by atoms with Gasteiger partial charge >= 0.3 is 0 Å². The van der Waals surface area contributed by atoms with E-state index in [1.807, 2.05) is 52.2 Å². The molecule has 1 fully saturated rings. The van der Waals surface area contributed by atoms with Gasteiger partial charge in [-0.3, -0.25) is 14.9 Å². The van der Waals surface area contributed by atoms with Gasteiger partial charge in [-0.1, -0.05) is 23.4 Å². The Bertz CT molecular complexity index is 1680. The molecule has 188 valence electrons. The van der Waals surface area contributed by atoms with Crippen LogP contribution >= 0.6 is 0 Å². The quantitative estimate of drug-likeness (QED) is 0.357. The number of H-pyrrole nitrogens is 1. The second-order valence-electron chi connectivity index (χ2n) is 9.52. The predicted octanol–water partition coefficient (Wildman–Crippen LogP) is 3.67. The summed E-state index contributed by atoms with van der Waals surface area (Å²) in [5.74, 6) is 0.0185. The van der Waals surface area contributed by atoms with Crippen LogP contribution in [0.15, 0.2) is 61.2 Å². The molecule has 1 aliphatic heterocycles. The summed E-state index contributed by atoms with van der Waals surface area (Å²) in [4.78, 5) is 23.4. The Kier molecular flexibility index (Phi) is 5.76. The Labute approximate surface area is 218 Å². The Morgan fingerprint density at radius 3 is 2.71 bits per heavy atom. The molecule has 0 radical (unpaired) electrons. The minimum atomic E-state index is 0.0185. The largest absolute Gasteiger partial charge is 0.382 e. The molecule has 0 atom stereocenters. The molecular formula is C27H24N10O. The number of anilines is 1. The van der Waals surface area contributed by atoms with Crippen molar-refractivity contribution in [1.29, 1.82) is 5.26 Å². The molecule has 6 rings (SSSR count). The summed E-state index contributed by atoms with van der Waals surface area (Å²) in [7, 11) is 0. The molecule has 0 spiro atoms. The number of nitrogens with zero attached hydrogens (tertiary/aromatic N) is 8. The SMILES string of the molecule is CC(C)Nc1cc(-c2c(C#N)cnc3[nH]ncc23)ncc1-c1cn(C2CN(C(=O)c3ccccc3)C2)nn1. The summed E-state index contributed by atoms with van der Waals surface area (Å²) in [5.41, 5.74) is 5.28. The topological polar surface area (TPSA) is 141 Å². The van der Waals surface area contributed by atoms with Gasteiger partial charge in [0, 0.05) is 59.3 Å². The lowest BCUT2D eigenvalue weighted by molar-refractivity contribution is 0.0498. The van der Waals surface area contributed by atoms with E-state index in [4.69, 9.17) is 4.98 Å². The Balaban J connectivity index is 1.29. The predicted molar refractivity (Wildman–Crippen MR) is 141 cm³/mol. The number of pyridine rings is 2. The number of amides is 1. The number of carbonyl (C=O) groups excluding carboxylic acids is 1. The van der Waals surface area contributed by atoms with Gasteiger partial charge in [-0.15, -0.1) is 5.10 Å². The zero-order chi connectivity index (χ0) is 26.2. The molecule has 11 nitrogen and oxygen atoms in total. The molecular weight excluding hydrogens is 480 g/mol. The third-order valence-corrected chi connectivity index (χ3v) is 6.54. The number of aromatic amines is 1. The molecule has 2 N–H and O–H groups in total. The highest BCUT2D eigenvalue weighted by Crippen LogP contribution is 2.35. The molecule has 5 heterocycles. The van der Waals surface area contributed by atoms with Crippen LogP contribution in [-0.2, 0) is 0 Å². The van der Waals surface area contributed by atoms with Crippen LogP contribution in [-0.4, -0.2) is 65.1 Å². The number of fused-ring (bicyclic) bond motifs is 1. The molecule has 11 heteroatoms. The maximum Gasteiger partial charge on any atom is 0.253 e. The summed E-state index contributed by atoms with van der Waals surface area (Å²) in [6, 6.07) is 13.6. The first kappa shape index (κ1) is 23.3. The van der Waals surface area contributed by atoms with Crippen molar-refractivity contribution < 1.29 is 4.79 Å². The zero-order valence-corrected chi connectivity index (χ0v) is 20.8. The first-order chi connectivity index (χ1) is 18.5. The molecule has 1 saturated heterocycles. The molecule has 0 unspecified atom stereocenters. The summed E-state index contributed by atoms with van der Waals surface area (Å²) in [5, 5.41) is 29.6. The maximum absolute atomic E-state index is 12.7. The zero-order valence-electron chi connectivity index (χ0n) is 20.8. The number of hydrogen-bond donors (Lipinski definition) is 2. The Hall–Kier alpha value is -5.11. The minimum absolute atomic E-state index is 0.0185. The fourth-order valence-electron chi connectivity index (χ4n) is 4.62. The van der Waals surface area contributed by atoms with Crippen LogP contribution in [0.2, 0.25) is 0 Å². The number of rotatable bonds is 6. The molecule has 38 heavy (non-hydrogen) atoms. The van der Waals surface area contributed by atoms with Crippen molar-refractivity contribution in [3.05, 3.63) is 72.3 Å². The summed E-state index contributed by atoms with van der Waals surface area (Å²) < 4.78 is 1.81. The van der Waals surface area contributed by atoms with E-state index in [0.717, 1.165) is 16.6 Å². The summed E-state index contributed by atoms with van der Waals surface area (Å²) in [6.45, 7) is 5.25. The smallest absolute Gasteiger partial charge is 0.253 e. The highest BCUT2D eigenvalue weighted by Gasteiger charge is 2.33. The van der Waals surface area contributed by atoms with Crippen LogP contribution in [0.1, 0.15) is 35.8 Å². The first-order valence-corrected chi connectivity index (χ1v) is 12.3. The summed E-state index contributed by atoms with van der Waals surface area (Å²) in [6.07, 6.45) is 6.81. The van der Waals surface area contributed by atoms with Gasteiger partial charge in [-0.05, 0) is 32.0 Å². The molecule has 0 saturated carbocycles. The van der Waals surface area contributed by atoms with Gasteiger partial charge in [0.1, 0.15) is 11.8 Å². The van der Waals surface area contributed by atoms with E-state index in [9.17, 15) is 10.1 Å². The van der Waals surface area contributed by atoms with E-state index in [1.165, 1.54) is 6.20 Å². The highest BCUT2D eigenvalue weighted by molar-refractivity contribution is 5.96. The Morgan fingerprint density at radius 2 is 1.95 bits per heavy atom. The van der Waals surface area contributed by atoms with Crippen LogP contribution in [0.3, 0.4) is 0 Å². The second-order valence-corrected chi connectivity index (χ2v) is 9.52. The minimum Gasteiger partial charge on any atom is -0.382 e. The molecule has 0 bridgehead atoms. The number of aromatic nitrogens is 7. The number of hydrogen-bond acceptors (Lipinski definition) is 8. The van der Waals surface area contributed by atoms with Crippen LogP contribution in [0, 0.1) is 11.3 Å².